The van der Waals surface area contributed by atoms with Crippen LogP contribution in [0.1, 0.15) is 187 Å². The predicted molar refractivity (Wildman–Crippen MR) is 534 cm³/mol. The number of benzene rings is 11. The van der Waals surface area contributed by atoms with E-state index in [9.17, 15) is 50.3 Å². The van der Waals surface area contributed by atoms with E-state index in [2.05, 4.69) is 115 Å². The second-order valence-corrected chi connectivity index (χ2v) is 35.7. The Bertz CT molecular complexity index is 6220. The van der Waals surface area contributed by atoms with E-state index in [1.54, 1.807) is 42.4 Å². The van der Waals surface area contributed by atoms with Crippen molar-refractivity contribution in [3.05, 3.63) is 435 Å². The minimum atomic E-state index is -0.209. The molecule has 9 atom stereocenters. The normalized spacial score (nSPS) is 18.5. The van der Waals surface area contributed by atoms with Crippen molar-refractivity contribution < 1.29 is 28.7 Å². The maximum absolute atomic E-state index is 13.1. The van der Waals surface area contributed by atoms with Crippen molar-refractivity contribution in [3.8, 4) is 53.3 Å². The molecule has 0 aromatic heterocycles. The third-order valence-electron chi connectivity index (χ3n) is 26.7. The van der Waals surface area contributed by atoms with Gasteiger partial charge in [0, 0.05) is 130 Å². The van der Waals surface area contributed by atoms with Crippen LogP contribution in [0.15, 0.2) is 374 Å². The molecule has 1 aliphatic carbocycles. The molecule has 5 amide bonds. The Balaban J connectivity index is 0.000000144. The van der Waals surface area contributed by atoms with E-state index in [0.717, 1.165) is 96.2 Å². The van der Waals surface area contributed by atoms with E-state index in [0.29, 0.717) is 87.8 Å². The standard InChI is InChI=1S/C29H28N2O2.C23H21N3O.C23H22N2O.2C22H22N2O/c1-21(22-9-4-3-5-10-22)17-26(19-30)29(32)31-16-15-25(20-31)23-11-8-12-24(18-23)27-13-6-7-14-28(27)33-2;1-17(19-7-3-2-4-8-19)12-22(15-25)23(27)26-11-10-21(16-26)20-9-5-6-18(13-20)14-24;24-16-20(15-23(12-13-23)21-9-5-2-6-10-21)22(26)25-14-11-19(17-25)18-7-3-1-4-8-18;2*1-17(18-8-4-2-5-9-18)14-21(15-23)22(25)24-13-12-20(16-24)19-10-6-3-7-11-19/h3-14,17-18,21,25H,15-16,20H2,1-2H3;2-9,12-13,17,21H,10-11,16H2,1H3;1-10,15,19H,11-14,17H2;2*2-11,14,17,20H,12-13,16H2,1H3/b26-17+;22-12+;20-15+;2*21-14+/t;;;17-,20+;/m...1./s1. The van der Waals surface area contributed by atoms with Gasteiger partial charge in [0.25, 0.3) is 29.5 Å². The Morgan fingerprint density at radius 2 is 0.581 bits per heavy atom. The summed E-state index contributed by atoms with van der Waals surface area (Å²) in [5.41, 5.74) is 15.5. The summed E-state index contributed by atoms with van der Waals surface area (Å²) in [4.78, 5) is 73.4. The Hall–Kier alpha value is -15.8. The second kappa shape index (κ2) is 48.6. The topological polar surface area (TPSA) is 254 Å². The van der Waals surface area contributed by atoms with E-state index in [1.807, 2.05) is 284 Å². The fourth-order valence-corrected chi connectivity index (χ4v) is 18.7. The van der Waals surface area contributed by atoms with Crippen LogP contribution in [-0.2, 0) is 29.4 Å². The fourth-order valence-electron chi connectivity index (χ4n) is 18.7. The smallest absolute Gasteiger partial charge is 0.264 e. The molecule has 1 saturated carbocycles. The lowest BCUT2D eigenvalue weighted by Crippen LogP contribution is -2.30. The summed E-state index contributed by atoms with van der Waals surface area (Å²) in [6, 6.07) is 117. The van der Waals surface area contributed by atoms with Crippen LogP contribution in [0.2, 0.25) is 0 Å². The molecule has 5 saturated heterocycles. The van der Waals surface area contributed by atoms with Gasteiger partial charge in [-0.1, -0.05) is 355 Å². The lowest BCUT2D eigenvalue weighted by Gasteiger charge is -2.18. The maximum atomic E-state index is 13.1. The van der Waals surface area contributed by atoms with Gasteiger partial charge in [0.15, 0.2) is 0 Å². The van der Waals surface area contributed by atoms with Gasteiger partial charge in [0.1, 0.15) is 64.0 Å². The predicted octanol–water partition coefficient (Wildman–Crippen LogP) is 22.8. The number of rotatable bonds is 22. The highest BCUT2D eigenvalue weighted by atomic mass is 16.5. The van der Waals surface area contributed by atoms with Gasteiger partial charge >= 0.3 is 0 Å². The van der Waals surface area contributed by atoms with Gasteiger partial charge < -0.3 is 29.2 Å². The summed E-state index contributed by atoms with van der Waals surface area (Å²) in [6.07, 6.45) is 15.6. The first-order chi connectivity index (χ1) is 66.3. The van der Waals surface area contributed by atoms with E-state index in [1.165, 1.54) is 27.8 Å². The molecule has 682 valence electrons. The van der Waals surface area contributed by atoms with Crippen LogP contribution in [0.5, 0.6) is 5.75 Å². The molecule has 6 aliphatic rings. The third-order valence-corrected chi connectivity index (χ3v) is 26.7. The highest BCUT2D eigenvalue weighted by Crippen LogP contribution is 2.50. The number of allylic oxidation sites excluding steroid dienone is 5. The van der Waals surface area contributed by atoms with E-state index in [4.69, 9.17) is 10.00 Å². The van der Waals surface area contributed by atoms with Crippen molar-refractivity contribution in [2.24, 2.45) is 0 Å². The molecule has 0 bridgehead atoms. The number of carbonyl (C=O) groups is 5. The number of methoxy groups -OCH3 is 1. The van der Waals surface area contributed by atoms with E-state index >= 15 is 0 Å². The van der Waals surface area contributed by atoms with Gasteiger partial charge in [-0.3, -0.25) is 24.0 Å². The SMILES string of the molecule is CC(/C=C(\C#N)C(=O)N1CCC(c2cccc(C#N)c2)C1)c1ccccc1.CC(/C=C(\C#N)C(=O)N1CCC(c2ccccc2)C1)c1ccccc1.COc1ccccc1-c1cccc(C2CCN(C(=O)/C(C#N)=C/C(C)c3ccccc3)C2)c1.C[C@H](/C=C(\C#N)C(=O)N1CC[C@H](c2ccccc2)C1)c1ccccc1.N#C/C(=C\C1(c2ccccc2)CC1)C(=O)N1CCC(c2ccccc2)C1. The molecule has 0 N–H and O–H groups in total. The van der Waals surface area contributed by atoms with E-state index in [-0.39, 0.29) is 92.8 Å². The van der Waals surface area contributed by atoms with Gasteiger partial charge in [0.05, 0.1) is 18.7 Å². The molecule has 7 unspecified atom stereocenters. The molecule has 5 heterocycles. The molecule has 6 fully saturated rings. The monoisotopic (exact) mass is 1790 g/mol. The van der Waals surface area contributed by atoms with Crippen molar-refractivity contribution in [2.75, 3.05) is 72.6 Å². The van der Waals surface area contributed by atoms with Gasteiger partial charge in [-0.15, -0.1) is 0 Å². The Labute approximate surface area is 801 Å². The van der Waals surface area contributed by atoms with Gasteiger partial charge in [-0.2, -0.15) is 31.6 Å². The number of hydrogen-bond acceptors (Lipinski definition) is 12. The number of hydrogen-bond donors (Lipinski definition) is 0. The summed E-state index contributed by atoms with van der Waals surface area (Å²) < 4.78 is 5.53. The Kier molecular flexibility index (Phi) is 34.9. The zero-order valence-electron chi connectivity index (χ0n) is 78.0. The highest BCUT2D eigenvalue weighted by molar-refractivity contribution is 6.00. The molecule has 17 rings (SSSR count). The zero-order valence-corrected chi connectivity index (χ0v) is 78.0. The van der Waals surface area contributed by atoms with Crippen molar-refractivity contribution >= 4 is 29.5 Å². The third kappa shape index (κ3) is 25.9. The summed E-state index contributed by atoms with van der Waals surface area (Å²) in [7, 11) is 1.68. The number of likely N-dealkylation sites (tertiary alicyclic amines) is 5. The number of carbonyl (C=O) groups excluding carboxylic acids is 5. The molecular formula is C119H115N11O6. The molecule has 0 spiro atoms. The van der Waals surface area contributed by atoms with Crippen molar-refractivity contribution in [1.82, 2.24) is 24.5 Å². The van der Waals surface area contributed by atoms with E-state index < -0.39 is 0 Å². The number of para-hydroxylation sites is 1. The summed E-state index contributed by atoms with van der Waals surface area (Å²) in [5.74, 6) is 1.63. The summed E-state index contributed by atoms with van der Waals surface area (Å²) in [5, 5.41) is 56.8. The van der Waals surface area contributed by atoms with Crippen LogP contribution in [0.3, 0.4) is 0 Å². The van der Waals surface area contributed by atoms with Crippen LogP contribution >= 0.6 is 0 Å². The molecule has 136 heavy (non-hydrogen) atoms. The average Bonchev–Trinajstić information content (AvgIpc) is 1.61. The van der Waals surface area contributed by atoms with Crippen molar-refractivity contribution in [2.45, 2.75) is 131 Å². The van der Waals surface area contributed by atoms with Crippen molar-refractivity contribution in [3.63, 3.8) is 0 Å². The van der Waals surface area contributed by atoms with Crippen LogP contribution in [-0.4, -0.2) is 127 Å². The Morgan fingerprint density at radius 3 is 0.882 bits per heavy atom. The quantitative estimate of drug-likeness (QED) is 0.0453. The molecule has 17 heteroatoms. The van der Waals surface area contributed by atoms with Crippen LogP contribution < -0.4 is 4.74 Å². The molecule has 5 aliphatic heterocycles. The van der Waals surface area contributed by atoms with Crippen LogP contribution in [0, 0.1) is 68.0 Å². The zero-order chi connectivity index (χ0) is 95.7. The number of nitriles is 6. The summed E-state index contributed by atoms with van der Waals surface area (Å²) in [6.45, 7) is 14.7. The first-order valence-electron chi connectivity index (χ1n) is 47.0. The first-order valence-corrected chi connectivity index (χ1v) is 47.0. The lowest BCUT2D eigenvalue weighted by atomic mass is 9.93. The fraction of sp³-hybridized carbons (Fsp3) is 0.269. The number of ether oxygens (including phenoxy) is 1. The largest absolute Gasteiger partial charge is 0.496 e. The summed E-state index contributed by atoms with van der Waals surface area (Å²) >= 11 is 0. The Morgan fingerprint density at radius 1 is 0.316 bits per heavy atom. The highest BCUT2D eigenvalue weighted by Gasteiger charge is 2.44. The molecule has 11 aromatic carbocycles. The lowest BCUT2D eigenvalue weighted by molar-refractivity contribution is -0.126. The molecule has 0 radical (unpaired) electrons. The number of amides is 5. The second-order valence-electron chi connectivity index (χ2n) is 35.7. The average molecular weight is 1800 g/mol. The maximum Gasteiger partial charge on any atom is 0.264 e. The molecular weight excluding hydrogens is 1680 g/mol. The molecule has 11 aromatic rings. The van der Waals surface area contributed by atoms with Crippen molar-refractivity contribution in [1.29, 1.82) is 31.6 Å². The first kappa shape index (κ1) is 97.7. The molecule has 17 nitrogen and oxygen atoms in total. The van der Waals surface area contributed by atoms with Gasteiger partial charge in [-0.25, -0.2) is 0 Å². The van der Waals surface area contributed by atoms with Crippen LogP contribution in [0.4, 0.5) is 0 Å². The van der Waals surface area contributed by atoms with Crippen LogP contribution in [0.25, 0.3) is 11.1 Å². The van der Waals surface area contributed by atoms with Gasteiger partial charge in [-0.05, 0) is 124 Å². The minimum Gasteiger partial charge on any atom is -0.496 e. The van der Waals surface area contributed by atoms with Gasteiger partial charge in [0.2, 0.25) is 0 Å². The number of nitrogens with zero attached hydrogens (tertiary/aromatic N) is 11. The minimum absolute atomic E-state index is 0.000680.